The number of rotatable bonds is 10. The van der Waals surface area contributed by atoms with Crippen molar-refractivity contribution in [3.8, 4) is 11.1 Å². The van der Waals surface area contributed by atoms with Crippen molar-refractivity contribution in [1.82, 2.24) is 15.0 Å². The lowest BCUT2D eigenvalue weighted by Gasteiger charge is -2.11. The lowest BCUT2D eigenvalue weighted by molar-refractivity contribution is 0.599. The highest BCUT2D eigenvalue weighted by Crippen LogP contribution is 2.31. The fraction of sp³-hybridized carbons (Fsp3) is 0. The van der Waals surface area contributed by atoms with Crippen LogP contribution >= 0.6 is 34.8 Å². The van der Waals surface area contributed by atoms with E-state index >= 15 is 0 Å². The molecule has 0 unspecified atom stereocenters. The minimum Gasteiger partial charge on any atom is -0.279 e. The normalized spacial score (nSPS) is 11.5. The van der Waals surface area contributed by atoms with E-state index in [0.717, 1.165) is 38.1 Å². The SMILES string of the molecule is O=S(=O)(Nc1cc(Cl)cc2ccncc12)c1ccc(Cl)cc1.O=S(=O)(Nc1cccc2ccncc12)c1ccc(-c2ccccc2)cc1.O=S(=O)(Nc1cccc2ccncc12)c1ccc(Cl)cc1. The van der Waals surface area contributed by atoms with Crippen LogP contribution in [0.5, 0.6) is 0 Å². The summed E-state index contributed by atoms with van der Waals surface area (Å²) in [6.45, 7) is 0. The molecule has 10 rings (SSSR count). The van der Waals surface area contributed by atoms with Gasteiger partial charge < -0.3 is 0 Å². The van der Waals surface area contributed by atoms with Crippen molar-refractivity contribution in [1.29, 1.82) is 0 Å². The van der Waals surface area contributed by atoms with Crippen molar-refractivity contribution in [3.63, 3.8) is 0 Å². The molecular formula is C51H37Cl3N6O6S3. The highest BCUT2D eigenvalue weighted by Gasteiger charge is 2.18. The molecule has 0 saturated carbocycles. The number of benzene rings is 7. The number of pyridine rings is 3. The minimum atomic E-state index is -3.73. The van der Waals surface area contributed by atoms with E-state index in [1.54, 1.807) is 97.8 Å². The van der Waals surface area contributed by atoms with Crippen LogP contribution in [0, 0.1) is 0 Å². The second-order valence-corrected chi connectivity index (χ2v) is 21.3. The van der Waals surface area contributed by atoms with Crippen LogP contribution in [0.25, 0.3) is 43.4 Å². The van der Waals surface area contributed by atoms with E-state index in [1.807, 2.05) is 72.8 Å². The molecule has 346 valence electrons. The van der Waals surface area contributed by atoms with Gasteiger partial charge in [-0.2, -0.15) is 0 Å². The molecule has 3 N–H and O–H groups in total. The summed E-state index contributed by atoms with van der Waals surface area (Å²) < 4.78 is 83.0. The quantitative estimate of drug-likeness (QED) is 0.120. The summed E-state index contributed by atoms with van der Waals surface area (Å²) in [7, 11) is -11.1. The van der Waals surface area contributed by atoms with E-state index in [1.165, 1.54) is 36.4 Å². The van der Waals surface area contributed by atoms with Crippen molar-refractivity contribution < 1.29 is 25.3 Å². The zero-order valence-electron chi connectivity index (χ0n) is 35.8. The maximum atomic E-state index is 12.8. The summed E-state index contributed by atoms with van der Waals surface area (Å²) in [6, 6.07) is 48.3. The maximum Gasteiger partial charge on any atom is 0.261 e. The molecule has 0 bridgehead atoms. The first-order valence-corrected chi connectivity index (χ1v) is 26.2. The van der Waals surface area contributed by atoms with E-state index in [0.29, 0.717) is 37.5 Å². The number of nitrogens with one attached hydrogen (secondary N) is 3. The topological polar surface area (TPSA) is 177 Å². The van der Waals surface area contributed by atoms with Crippen LogP contribution in [0.15, 0.2) is 222 Å². The molecule has 10 aromatic rings. The largest absolute Gasteiger partial charge is 0.279 e. The Morgan fingerprint density at radius 1 is 0.333 bits per heavy atom. The van der Waals surface area contributed by atoms with E-state index in [4.69, 9.17) is 34.8 Å². The fourth-order valence-corrected chi connectivity index (χ4v) is 10.7. The number of anilines is 3. The van der Waals surface area contributed by atoms with Gasteiger partial charge in [-0.05, 0) is 130 Å². The number of hydrogen-bond donors (Lipinski definition) is 3. The number of nitrogens with zero attached hydrogens (tertiary/aromatic N) is 3. The highest BCUT2D eigenvalue weighted by molar-refractivity contribution is 7.93. The summed E-state index contributed by atoms with van der Waals surface area (Å²) in [6.07, 6.45) is 9.85. The van der Waals surface area contributed by atoms with Gasteiger partial charge in [0.15, 0.2) is 0 Å². The molecular weight excluding hydrogens is 995 g/mol. The summed E-state index contributed by atoms with van der Waals surface area (Å²) >= 11 is 17.6. The Bertz CT molecular complexity index is 3770. The van der Waals surface area contributed by atoms with Crippen LogP contribution in [0.3, 0.4) is 0 Å². The summed E-state index contributed by atoms with van der Waals surface area (Å²) in [4.78, 5) is 12.6. The highest BCUT2D eigenvalue weighted by atomic mass is 35.5. The van der Waals surface area contributed by atoms with Crippen molar-refractivity contribution >= 4 is 114 Å². The Morgan fingerprint density at radius 3 is 1.16 bits per heavy atom. The van der Waals surface area contributed by atoms with Gasteiger partial charge in [-0.25, -0.2) is 25.3 Å². The smallest absolute Gasteiger partial charge is 0.261 e. The van der Waals surface area contributed by atoms with Crippen LogP contribution < -0.4 is 14.2 Å². The third kappa shape index (κ3) is 12.0. The number of halogens is 3. The molecule has 0 spiro atoms. The molecule has 0 atom stereocenters. The van der Waals surface area contributed by atoms with E-state index in [9.17, 15) is 25.3 Å². The molecule has 0 aliphatic carbocycles. The van der Waals surface area contributed by atoms with Crippen LogP contribution in [0.1, 0.15) is 0 Å². The standard InChI is InChI=1S/C21H16N2O2S.C15H10Cl2N2O2S.C15H11ClN2O2S/c24-26(25,23-21-8-4-7-18-13-14-22-15-20(18)21)19-11-9-17(10-12-19)16-5-2-1-3-6-16;16-11-1-3-13(4-2-11)22(20,21)19-15-8-12(17)7-10-5-6-18-9-14(10)15;16-12-4-6-13(7-5-12)21(19,20)18-15-3-1-2-11-8-9-17-10-14(11)15/h1-15,23H;1-9,19H;1-10,18H. The third-order valence-corrected chi connectivity index (χ3v) is 15.2. The zero-order chi connectivity index (χ0) is 48.6. The predicted molar refractivity (Wildman–Crippen MR) is 277 cm³/mol. The molecule has 0 amide bonds. The lowest BCUT2D eigenvalue weighted by atomic mass is 10.1. The molecule has 69 heavy (non-hydrogen) atoms. The molecule has 0 saturated heterocycles. The summed E-state index contributed by atoms with van der Waals surface area (Å²) in [5.74, 6) is 0. The molecule has 0 radical (unpaired) electrons. The van der Waals surface area contributed by atoms with Gasteiger partial charge >= 0.3 is 0 Å². The summed E-state index contributed by atoms with van der Waals surface area (Å²) in [5, 5.41) is 6.23. The minimum absolute atomic E-state index is 0.119. The van der Waals surface area contributed by atoms with Gasteiger partial charge in [0.25, 0.3) is 30.1 Å². The number of hydrogen-bond acceptors (Lipinski definition) is 9. The Morgan fingerprint density at radius 2 is 0.710 bits per heavy atom. The van der Waals surface area contributed by atoms with Gasteiger partial charge in [-0.3, -0.25) is 29.1 Å². The predicted octanol–water partition coefficient (Wildman–Crippen LogP) is 12.7. The first kappa shape index (κ1) is 48.4. The molecule has 12 nitrogen and oxygen atoms in total. The molecule has 0 fully saturated rings. The fourth-order valence-electron chi connectivity index (χ4n) is 6.95. The van der Waals surface area contributed by atoms with Crippen LogP contribution in [0.2, 0.25) is 15.1 Å². The number of fused-ring (bicyclic) bond motifs is 3. The first-order valence-electron chi connectivity index (χ1n) is 20.6. The van der Waals surface area contributed by atoms with Gasteiger partial charge in [-0.15, -0.1) is 0 Å². The lowest BCUT2D eigenvalue weighted by Crippen LogP contribution is -2.13. The maximum absolute atomic E-state index is 12.8. The second kappa shape index (κ2) is 21.0. The van der Waals surface area contributed by atoms with E-state index in [2.05, 4.69) is 29.1 Å². The Hall–Kier alpha value is -7.11. The van der Waals surface area contributed by atoms with Crippen LogP contribution in [-0.2, 0) is 30.1 Å². The van der Waals surface area contributed by atoms with Gasteiger partial charge in [0, 0.05) is 68.4 Å². The van der Waals surface area contributed by atoms with Crippen molar-refractivity contribution in [2.45, 2.75) is 14.7 Å². The average molecular weight is 1030 g/mol. The monoisotopic (exact) mass is 1030 g/mol. The van der Waals surface area contributed by atoms with Crippen LogP contribution in [-0.4, -0.2) is 40.2 Å². The molecule has 0 aliphatic heterocycles. The van der Waals surface area contributed by atoms with Gasteiger partial charge in [0.2, 0.25) is 0 Å². The van der Waals surface area contributed by atoms with Crippen molar-refractivity contribution in [2.75, 3.05) is 14.2 Å². The second-order valence-electron chi connectivity index (χ2n) is 15.0. The molecule has 0 aliphatic rings. The molecule has 3 aromatic heterocycles. The van der Waals surface area contributed by atoms with E-state index in [-0.39, 0.29) is 14.7 Å². The van der Waals surface area contributed by atoms with Gasteiger partial charge in [0.05, 0.1) is 31.7 Å². The summed E-state index contributed by atoms with van der Waals surface area (Å²) in [5.41, 5.74) is 3.41. The van der Waals surface area contributed by atoms with Crippen LogP contribution in [0.4, 0.5) is 17.1 Å². The van der Waals surface area contributed by atoms with Crippen molar-refractivity contribution in [3.05, 3.63) is 222 Å². The number of sulfonamides is 3. The van der Waals surface area contributed by atoms with E-state index < -0.39 is 30.1 Å². The molecule has 3 heterocycles. The molecule has 7 aromatic carbocycles. The third-order valence-electron chi connectivity index (χ3n) is 10.3. The Balaban J connectivity index is 0.000000141. The Kier molecular flexibility index (Phi) is 14.7. The zero-order valence-corrected chi connectivity index (χ0v) is 40.5. The number of aromatic nitrogens is 3. The van der Waals surface area contributed by atoms with Gasteiger partial charge in [-0.1, -0.05) is 102 Å². The first-order chi connectivity index (χ1) is 33.1. The average Bonchev–Trinajstić information content (AvgIpc) is 3.35. The molecule has 18 heteroatoms. The Labute approximate surface area is 413 Å². The van der Waals surface area contributed by atoms with Crippen molar-refractivity contribution in [2.24, 2.45) is 0 Å². The van der Waals surface area contributed by atoms with Gasteiger partial charge in [0.1, 0.15) is 0 Å².